The number of anilines is 3. The highest BCUT2D eigenvalue weighted by Gasteiger charge is 2.23. The van der Waals surface area contributed by atoms with E-state index in [2.05, 4.69) is 33.2 Å². The third-order valence-electron chi connectivity index (χ3n) is 4.40. The van der Waals surface area contributed by atoms with Crippen molar-refractivity contribution in [3.8, 4) is 5.75 Å². The summed E-state index contributed by atoms with van der Waals surface area (Å²) in [6.07, 6.45) is 2.91. The maximum absolute atomic E-state index is 14.8. The lowest BCUT2D eigenvalue weighted by atomic mass is 10.1. The number of benzene rings is 2. The van der Waals surface area contributed by atoms with Gasteiger partial charge < -0.3 is 26.0 Å². The van der Waals surface area contributed by atoms with E-state index in [1.54, 1.807) is 31.6 Å². The minimum atomic E-state index is -0.569. The zero-order chi connectivity index (χ0) is 20.6. The third kappa shape index (κ3) is 5.45. The predicted molar refractivity (Wildman–Crippen MR) is 114 cm³/mol. The van der Waals surface area contributed by atoms with Gasteiger partial charge in [-0.15, -0.1) is 0 Å². The van der Waals surface area contributed by atoms with Gasteiger partial charge >= 0.3 is 0 Å². The summed E-state index contributed by atoms with van der Waals surface area (Å²) < 4.78 is 20.4. The van der Waals surface area contributed by atoms with E-state index in [1.807, 2.05) is 12.1 Å². The summed E-state index contributed by atoms with van der Waals surface area (Å²) >= 11 is 0. The summed E-state index contributed by atoms with van der Waals surface area (Å²) in [5, 5.41) is 11.8. The normalized spacial score (nSPS) is 14.7. The fraction of sp³-hybridized carbons (Fsp3) is 0.333. The zero-order valence-electron chi connectivity index (χ0n) is 16.6. The topological polar surface area (TPSA) is 86.8 Å². The first kappa shape index (κ1) is 20.6. The van der Waals surface area contributed by atoms with Crippen LogP contribution in [0.25, 0.3) is 0 Å². The molecular weight excluding hydrogens is 373 g/mol. The number of aliphatic imine (C=N–C) groups is 1. The van der Waals surface area contributed by atoms with E-state index in [-0.39, 0.29) is 18.3 Å². The first-order valence-corrected chi connectivity index (χ1v) is 9.66. The fourth-order valence-corrected chi connectivity index (χ4v) is 2.95. The van der Waals surface area contributed by atoms with Gasteiger partial charge in [-0.3, -0.25) is 4.79 Å². The Morgan fingerprint density at radius 1 is 1.24 bits per heavy atom. The van der Waals surface area contributed by atoms with Gasteiger partial charge in [0.25, 0.3) is 0 Å². The number of carbonyl (C=O) groups is 1. The van der Waals surface area contributed by atoms with Crippen LogP contribution in [0.2, 0.25) is 0 Å². The lowest BCUT2D eigenvalue weighted by Crippen LogP contribution is -2.25. The minimum Gasteiger partial charge on any atom is -0.493 e. The Morgan fingerprint density at radius 3 is 2.72 bits per heavy atom. The average Bonchev–Trinajstić information content (AvgIpc) is 2.70. The number of halogens is 1. The molecule has 0 bridgehead atoms. The van der Waals surface area contributed by atoms with Crippen LogP contribution >= 0.6 is 0 Å². The molecule has 0 fully saturated rings. The van der Waals surface area contributed by atoms with Crippen LogP contribution in [0.15, 0.2) is 41.4 Å². The molecule has 0 saturated carbocycles. The molecule has 0 aromatic heterocycles. The quantitative estimate of drug-likeness (QED) is 0.483. The molecule has 1 unspecified atom stereocenters. The summed E-state index contributed by atoms with van der Waals surface area (Å²) in [6, 6.07) is 10.4. The van der Waals surface area contributed by atoms with Crippen LogP contribution in [-0.2, 0) is 4.79 Å². The van der Waals surface area contributed by atoms with E-state index < -0.39 is 6.17 Å². The summed E-state index contributed by atoms with van der Waals surface area (Å²) in [5.74, 6) is -0.00571. The molecule has 1 aliphatic heterocycles. The molecule has 29 heavy (non-hydrogen) atoms. The Kier molecular flexibility index (Phi) is 7.02. The molecule has 2 aromatic carbocycles. The highest BCUT2D eigenvalue weighted by Crippen LogP contribution is 2.35. The van der Waals surface area contributed by atoms with Gasteiger partial charge in [0.2, 0.25) is 5.91 Å². The number of carbonyl (C=O) groups excluding carboxylic acids is 1. The molecule has 0 saturated heterocycles. The van der Waals surface area contributed by atoms with E-state index in [0.29, 0.717) is 29.3 Å². The number of ether oxygens (including phenoxy) is 1. The van der Waals surface area contributed by atoms with Crippen molar-refractivity contribution < 1.29 is 13.9 Å². The molecular formula is C21H26FN5O2. The third-order valence-corrected chi connectivity index (χ3v) is 4.40. The Hall–Kier alpha value is -3.13. The van der Waals surface area contributed by atoms with Crippen molar-refractivity contribution in [2.75, 3.05) is 36.1 Å². The maximum atomic E-state index is 14.8. The molecule has 8 heteroatoms. The number of rotatable bonds is 9. The number of likely N-dealkylation sites (N-methyl/N-ethyl adjacent to an activating group) is 1. The van der Waals surface area contributed by atoms with Crippen molar-refractivity contribution in [2.24, 2.45) is 4.99 Å². The molecule has 0 aliphatic carbocycles. The largest absolute Gasteiger partial charge is 0.493 e. The van der Waals surface area contributed by atoms with Gasteiger partial charge in [-0.1, -0.05) is 13.3 Å². The van der Waals surface area contributed by atoms with Gasteiger partial charge in [-0.2, -0.15) is 0 Å². The van der Waals surface area contributed by atoms with E-state index in [0.717, 1.165) is 18.5 Å². The zero-order valence-corrected chi connectivity index (χ0v) is 16.6. The predicted octanol–water partition coefficient (Wildman–Crippen LogP) is 3.73. The smallest absolute Gasteiger partial charge is 0.238 e. The molecule has 0 spiro atoms. The first-order chi connectivity index (χ1) is 14.1. The SMILES string of the molecule is CCCCOc1cc(F)c2c(c1)NC=NC2Nc1ccc(NC(=O)CNC)cc1. The summed E-state index contributed by atoms with van der Waals surface area (Å²) in [7, 11) is 1.71. The Morgan fingerprint density at radius 2 is 2.00 bits per heavy atom. The van der Waals surface area contributed by atoms with Crippen molar-refractivity contribution in [2.45, 2.75) is 25.9 Å². The number of nitrogens with zero attached hydrogens (tertiary/aromatic N) is 1. The van der Waals surface area contributed by atoms with Gasteiger partial charge in [-0.05, 0) is 37.7 Å². The van der Waals surface area contributed by atoms with Crippen LogP contribution in [0, 0.1) is 5.82 Å². The molecule has 1 atom stereocenters. The molecule has 4 N–H and O–H groups in total. The number of unbranched alkanes of at least 4 members (excludes halogenated alkanes) is 1. The molecule has 1 amide bonds. The summed E-state index contributed by atoms with van der Waals surface area (Å²) in [5.41, 5.74) is 2.50. The van der Waals surface area contributed by atoms with Gasteiger partial charge in [0, 0.05) is 23.5 Å². The minimum absolute atomic E-state index is 0.121. The highest BCUT2D eigenvalue weighted by molar-refractivity contribution is 5.92. The standard InChI is InChI=1S/C21H26FN5O2/c1-3-4-9-29-16-10-17(22)20-18(11-16)24-13-25-21(20)27-15-7-5-14(6-8-15)26-19(28)12-23-2/h5-8,10-11,13,21,23,27H,3-4,9,12H2,1-2H3,(H,24,25)(H,26,28). The van der Waals surface area contributed by atoms with Gasteiger partial charge in [0.05, 0.1) is 30.7 Å². The number of fused-ring (bicyclic) bond motifs is 1. The Balaban J connectivity index is 1.70. The second kappa shape index (κ2) is 9.88. The van der Waals surface area contributed by atoms with E-state index >= 15 is 0 Å². The lowest BCUT2D eigenvalue weighted by Gasteiger charge is -2.24. The van der Waals surface area contributed by atoms with Gasteiger partial charge in [0.15, 0.2) is 6.17 Å². The van der Waals surface area contributed by atoms with Crippen molar-refractivity contribution in [3.05, 3.63) is 47.8 Å². The molecule has 0 radical (unpaired) electrons. The summed E-state index contributed by atoms with van der Waals surface area (Å²) in [6.45, 7) is 2.87. The number of hydrogen-bond acceptors (Lipinski definition) is 6. The Bertz CT molecular complexity index is 870. The average molecular weight is 399 g/mol. The van der Waals surface area contributed by atoms with Crippen LogP contribution in [0.3, 0.4) is 0 Å². The number of hydrogen-bond donors (Lipinski definition) is 4. The molecule has 3 rings (SSSR count). The maximum Gasteiger partial charge on any atom is 0.238 e. The van der Waals surface area contributed by atoms with E-state index in [4.69, 9.17) is 4.74 Å². The van der Waals surface area contributed by atoms with Crippen molar-refractivity contribution in [3.63, 3.8) is 0 Å². The monoisotopic (exact) mass is 399 g/mol. The van der Waals surface area contributed by atoms with Gasteiger partial charge in [-0.25, -0.2) is 9.38 Å². The summed E-state index contributed by atoms with van der Waals surface area (Å²) in [4.78, 5) is 16.0. The second-order valence-electron chi connectivity index (χ2n) is 6.69. The highest BCUT2D eigenvalue weighted by atomic mass is 19.1. The molecule has 1 aliphatic rings. The molecule has 2 aromatic rings. The van der Waals surface area contributed by atoms with E-state index in [9.17, 15) is 9.18 Å². The van der Waals surface area contributed by atoms with Crippen LogP contribution in [0.5, 0.6) is 5.75 Å². The van der Waals surface area contributed by atoms with Crippen LogP contribution in [-0.4, -0.2) is 32.4 Å². The first-order valence-electron chi connectivity index (χ1n) is 9.66. The molecule has 7 nitrogen and oxygen atoms in total. The number of nitrogens with one attached hydrogen (secondary N) is 4. The molecule has 1 heterocycles. The van der Waals surface area contributed by atoms with Crippen LogP contribution in [0.4, 0.5) is 21.5 Å². The van der Waals surface area contributed by atoms with Crippen molar-refractivity contribution in [1.82, 2.24) is 5.32 Å². The second-order valence-corrected chi connectivity index (χ2v) is 6.69. The Labute approximate surface area is 169 Å². The van der Waals surface area contributed by atoms with E-state index in [1.165, 1.54) is 6.07 Å². The van der Waals surface area contributed by atoms with Gasteiger partial charge in [0.1, 0.15) is 11.6 Å². The lowest BCUT2D eigenvalue weighted by molar-refractivity contribution is -0.115. The van der Waals surface area contributed by atoms with Crippen LogP contribution in [0.1, 0.15) is 31.5 Å². The van der Waals surface area contributed by atoms with Crippen LogP contribution < -0.4 is 26.0 Å². The molecule has 154 valence electrons. The number of amides is 1. The fourth-order valence-electron chi connectivity index (χ4n) is 2.95. The van der Waals surface area contributed by atoms with Crippen molar-refractivity contribution >= 4 is 29.3 Å². The van der Waals surface area contributed by atoms with Crippen molar-refractivity contribution in [1.29, 1.82) is 0 Å².